The van der Waals surface area contributed by atoms with Gasteiger partial charge in [0.05, 0.1) is 25.8 Å². The highest BCUT2D eigenvalue weighted by Gasteiger charge is 2.12. The first-order chi connectivity index (χ1) is 10.3. The van der Waals surface area contributed by atoms with E-state index >= 15 is 0 Å². The third kappa shape index (κ3) is 4.48. The molecule has 0 aliphatic rings. The second kappa shape index (κ2) is 8.29. The standard InChI is InChI=1S/C17H21NO3/c1-20-16-9-5-8-15(12-18-10-11-19)17(16)21-13-14-6-3-2-4-7-14/h2-9,18-19H,10-13H2,1H3/p+1. The largest absolute Gasteiger partial charge is 0.493 e. The molecule has 21 heavy (non-hydrogen) atoms. The van der Waals surface area contributed by atoms with Crippen LogP contribution in [0.15, 0.2) is 48.5 Å². The van der Waals surface area contributed by atoms with Crippen LogP contribution in [0.1, 0.15) is 11.1 Å². The van der Waals surface area contributed by atoms with Gasteiger partial charge in [0.1, 0.15) is 13.2 Å². The van der Waals surface area contributed by atoms with Crippen molar-refractivity contribution in [2.45, 2.75) is 13.2 Å². The number of rotatable bonds is 8. The molecule has 0 unspecified atom stereocenters. The molecule has 0 radical (unpaired) electrons. The first-order valence-electron chi connectivity index (χ1n) is 7.10. The maximum atomic E-state index is 8.88. The molecule has 2 rings (SSSR count). The molecule has 0 amide bonds. The summed E-state index contributed by atoms with van der Waals surface area (Å²) < 4.78 is 11.4. The molecule has 0 atom stereocenters. The van der Waals surface area contributed by atoms with Gasteiger partial charge >= 0.3 is 0 Å². The molecule has 2 aromatic rings. The molecule has 112 valence electrons. The lowest BCUT2D eigenvalue weighted by Crippen LogP contribution is -2.83. The lowest BCUT2D eigenvalue weighted by Gasteiger charge is -2.14. The van der Waals surface area contributed by atoms with Gasteiger partial charge in [0.25, 0.3) is 0 Å². The molecule has 0 aromatic heterocycles. The van der Waals surface area contributed by atoms with Crippen molar-refractivity contribution in [1.29, 1.82) is 0 Å². The molecule has 0 saturated carbocycles. The van der Waals surface area contributed by atoms with Crippen LogP contribution in [0.4, 0.5) is 0 Å². The SMILES string of the molecule is COc1cccc(C[NH2+]CCO)c1OCc1ccccc1. The van der Waals surface area contributed by atoms with Crippen molar-refractivity contribution in [3.63, 3.8) is 0 Å². The molecule has 0 bridgehead atoms. The molecular formula is C17H22NO3+. The van der Waals surface area contributed by atoms with E-state index in [0.717, 1.165) is 29.2 Å². The van der Waals surface area contributed by atoms with E-state index in [9.17, 15) is 0 Å². The maximum Gasteiger partial charge on any atom is 0.170 e. The first-order valence-corrected chi connectivity index (χ1v) is 7.10. The summed E-state index contributed by atoms with van der Waals surface area (Å²) in [6, 6.07) is 15.9. The number of para-hydroxylation sites is 1. The van der Waals surface area contributed by atoms with Crippen molar-refractivity contribution in [2.75, 3.05) is 20.3 Å². The van der Waals surface area contributed by atoms with Gasteiger partial charge in [0.15, 0.2) is 11.5 Å². The van der Waals surface area contributed by atoms with Crippen molar-refractivity contribution in [2.24, 2.45) is 0 Å². The number of hydrogen-bond donors (Lipinski definition) is 2. The summed E-state index contributed by atoms with van der Waals surface area (Å²) in [7, 11) is 1.64. The van der Waals surface area contributed by atoms with Gasteiger partial charge in [0, 0.05) is 0 Å². The van der Waals surface area contributed by atoms with Crippen LogP contribution in [0.25, 0.3) is 0 Å². The molecule has 0 spiro atoms. The van der Waals surface area contributed by atoms with E-state index in [1.54, 1.807) is 7.11 Å². The Bertz CT molecular complexity index is 543. The number of aliphatic hydroxyl groups excluding tert-OH is 1. The fraction of sp³-hybridized carbons (Fsp3) is 0.294. The molecule has 4 nitrogen and oxygen atoms in total. The van der Waals surface area contributed by atoms with E-state index in [-0.39, 0.29) is 6.61 Å². The van der Waals surface area contributed by atoms with Crippen LogP contribution in [-0.2, 0) is 13.2 Å². The monoisotopic (exact) mass is 288 g/mol. The second-order valence-corrected chi connectivity index (χ2v) is 4.73. The Morgan fingerprint density at radius 1 is 1.05 bits per heavy atom. The smallest absolute Gasteiger partial charge is 0.170 e. The summed E-state index contributed by atoms with van der Waals surface area (Å²) in [4.78, 5) is 0. The summed E-state index contributed by atoms with van der Waals surface area (Å²) in [5.41, 5.74) is 2.19. The number of methoxy groups -OCH3 is 1. The lowest BCUT2D eigenvalue weighted by atomic mass is 10.1. The van der Waals surface area contributed by atoms with Crippen LogP contribution in [-0.4, -0.2) is 25.4 Å². The van der Waals surface area contributed by atoms with Crippen molar-refractivity contribution < 1.29 is 19.9 Å². The van der Waals surface area contributed by atoms with E-state index in [1.807, 2.05) is 53.8 Å². The Morgan fingerprint density at radius 3 is 2.57 bits per heavy atom. The molecule has 3 N–H and O–H groups in total. The highest BCUT2D eigenvalue weighted by molar-refractivity contribution is 5.46. The Morgan fingerprint density at radius 2 is 1.86 bits per heavy atom. The molecule has 0 fully saturated rings. The van der Waals surface area contributed by atoms with Crippen LogP contribution in [0.3, 0.4) is 0 Å². The number of ether oxygens (including phenoxy) is 2. The van der Waals surface area contributed by atoms with E-state index < -0.39 is 0 Å². The lowest BCUT2D eigenvalue weighted by molar-refractivity contribution is -0.671. The van der Waals surface area contributed by atoms with Crippen LogP contribution >= 0.6 is 0 Å². The van der Waals surface area contributed by atoms with Gasteiger partial charge in [0.2, 0.25) is 0 Å². The van der Waals surface area contributed by atoms with Gasteiger partial charge in [-0.15, -0.1) is 0 Å². The fourth-order valence-corrected chi connectivity index (χ4v) is 2.13. The van der Waals surface area contributed by atoms with Gasteiger partial charge in [-0.1, -0.05) is 36.4 Å². The maximum absolute atomic E-state index is 8.88. The molecular weight excluding hydrogens is 266 g/mol. The number of aliphatic hydroxyl groups is 1. The zero-order valence-electron chi connectivity index (χ0n) is 12.3. The highest BCUT2D eigenvalue weighted by Crippen LogP contribution is 2.31. The molecule has 4 heteroatoms. The zero-order valence-corrected chi connectivity index (χ0v) is 12.3. The topological polar surface area (TPSA) is 55.3 Å². The van der Waals surface area contributed by atoms with Crippen molar-refractivity contribution >= 4 is 0 Å². The molecule has 0 saturated heterocycles. The van der Waals surface area contributed by atoms with Crippen molar-refractivity contribution in [3.05, 3.63) is 59.7 Å². The van der Waals surface area contributed by atoms with E-state index in [2.05, 4.69) is 0 Å². The van der Waals surface area contributed by atoms with Gasteiger partial charge < -0.3 is 19.9 Å². The van der Waals surface area contributed by atoms with Gasteiger partial charge in [-0.05, 0) is 17.7 Å². The molecule has 2 aromatic carbocycles. The van der Waals surface area contributed by atoms with Gasteiger partial charge in [-0.2, -0.15) is 0 Å². The minimum absolute atomic E-state index is 0.171. The summed E-state index contributed by atoms with van der Waals surface area (Å²) in [6.45, 7) is 2.11. The van der Waals surface area contributed by atoms with Gasteiger partial charge in [-0.25, -0.2) is 0 Å². The fourth-order valence-electron chi connectivity index (χ4n) is 2.13. The van der Waals surface area contributed by atoms with Crippen molar-refractivity contribution in [1.82, 2.24) is 0 Å². The summed E-state index contributed by atoms with van der Waals surface area (Å²) in [5, 5.41) is 10.9. The van der Waals surface area contributed by atoms with Crippen LogP contribution < -0.4 is 14.8 Å². The average molecular weight is 288 g/mol. The third-order valence-corrected chi connectivity index (χ3v) is 3.20. The summed E-state index contributed by atoms with van der Waals surface area (Å²) in [6.07, 6.45) is 0. The van der Waals surface area contributed by atoms with Gasteiger partial charge in [-0.3, -0.25) is 0 Å². The predicted octanol–water partition coefficient (Wildman–Crippen LogP) is 1.33. The minimum atomic E-state index is 0.171. The normalized spacial score (nSPS) is 10.4. The summed E-state index contributed by atoms with van der Waals surface area (Å²) >= 11 is 0. The quantitative estimate of drug-likeness (QED) is 0.721. The molecule has 0 aliphatic carbocycles. The van der Waals surface area contributed by atoms with Crippen LogP contribution in [0.2, 0.25) is 0 Å². The Kier molecular flexibility index (Phi) is 6.06. The highest BCUT2D eigenvalue weighted by atomic mass is 16.5. The van der Waals surface area contributed by atoms with E-state index in [0.29, 0.717) is 13.2 Å². The average Bonchev–Trinajstić information content (AvgIpc) is 2.54. The predicted molar refractivity (Wildman–Crippen MR) is 81.4 cm³/mol. The second-order valence-electron chi connectivity index (χ2n) is 4.73. The van der Waals surface area contributed by atoms with Crippen molar-refractivity contribution in [3.8, 4) is 11.5 Å². The molecule has 0 heterocycles. The number of hydrogen-bond acceptors (Lipinski definition) is 3. The first kappa shape index (κ1) is 15.4. The number of nitrogens with two attached hydrogens (primary N) is 1. The third-order valence-electron chi connectivity index (χ3n) is 3.20. The Labute approximate surface area is 125 Å². The summed E-state index contributed by atoms with van der Waals surface area (Å²) in [5.74, 6) is 1.51. The Hall–Kier alpha value is -2.04. The van der Waals surface area contributed by atoms with E-state index in [1.165, 1.54) is 0 Å². The van der Waals surface area contributed by atoms with Crippen LogP contribution in [0, 0.1) is 0 Å². The zero-order chi connectivity index (χ0) is 14.9. The number of quaternary nitrogens is 1. The minimum Gasteiger partial charge on any atom is -0.493 e. The van der Waals surface area contributed by atoms with Crippen LogP contribution in [0.5, 0.6) is 11.5 Å². The number of benzene rings is 2. The van der Waals surface area contributed by atoms with E-state index in [4.69, 9.17) is 14.6 Å². The molecule has 0 aliphatic heterocycles. The Balaban J connectivity index is 2.11.